The highest BCUT2D eigenvalue weighted by molar-refractivity contribution is 7.89. The zero-order chi connectivity index (χ0) is 16.6. The third-order valence-corrected chi connectivity index (χ3v) is 7.24. The molecule has 2 fully saturated rings. The van der Waals surface area contributed by atoms with Crippen LogP contribution < -0.4 is 0 Å². The van der Waals surface area contributed by atoms with Crippen molar-refractivity contribution in [2.24, 2.45) is 5.41 Å². The largest absolute Gasteiger partial charge is 0.261 e. The van der Waals surface area contributed by atoms with Gasteiger partial charge in [-0.2, -0.15) is 4.31 Å². The molecule has 1 aliphatic heterocycles. The number of hydrogen-bond donors (Lipinski definition) is 0. The van der Waals surface area contributed by atoms with Crippen molar-refractivity contribution in [2.45, 2.75) is 43.2 Å². The van der Waals surface area contributed by atoms with Gasteiger partial charge in [0.1, 0.15) is 0 Å². The molecule has 1 aromatic carbocycles. The van der Waals surface area contributed by atoms with E-state index in [0.29, 0.717) is 6.54 Å². The van der Waals surface area contributed by atoms with Crippen LogP contribution in [0.5, 0.6) is 0 Å². The first-order chi connectivity index (χ1) is 11.6. The van der Waals surface area contributed by atoms with Crippen LogP contribution in [0.3, 0.4) is 0 Å². The quantitative estimate of drug-likeness (QED) is 0.853. The molecule has 0 amide bonds. The third kappa shape index (κ3) is 2.47. The summed E-state index contributed by atoms with van der Waals surface area (Å²) in [5, 5.41) is 0.150. The molecule has 5 heteroatoms. The average Bonchev–Trinajstić information content (AvgIpc) is 2.62. The first kappa shape index (κ1) is 15.8. The SMILES string of the molecule is O=S(=O)(c1ccccn1)N1CC2(CCCCC2)C1c1ccccc1. The predicted molar refractivity (Wildman–Crippen MR) is 92.8 cm³/mol. The molecule has 2 aromatic rings. The highest BCUT2D eigenvalue weighted by atomic mass is 32.2. The van der Waals surface area contributed by atoms with Crippen molar-refractivity contribution in [3.63, 3.8) is 0 Å². The van der Waals surface area contributed by atoms with Crippen LogP contribution in [0, 0.1) is 5.41 Å². The van der Waals surface area contributed by atoms with Gasteiger partial charge in [0.05, 0.1) is 6.04 Å². The van der Waals surface area contributed by atoms with Crippen LogP contribution in [0.25, 0.3) is 0 Å². The first-order valence-electron chi connectivity index (χ1n) is 8.61. The van der Waals surface area contributed by atoms with E-state index in [2.05, 4.69) is 17.1 Å². The van der Waals surface area contributed by atoms with Gasteiger partial charge in [0.2, 0.25) is 0 Å². The minimum Gasteiger partial charge on any atom is -0.243 e. The Balaban J connectivity index is 1.74. The average molecular weight is 342 g/mol. The molecule has 1 saturated carbocycles. The normalized spacial score (nSPS) is 23.8. The van der Waals surface area contributed by atoms with Crippen molar-refractivity contribution < 1.29 is 8.42 Å². The lowest BCUT2D eigenvalue weighted by Gasteiger charge is -2.58. The van der Waals surface area contributed by atoms with E-state index >= 15 is 0 Å². The van der Waals surface area contributed by atoms with E-state index in [1.165, 1.54) is 19.3 Å². The summed E-state index contributed by atoms with van der Waals surface area (Å²) >= 11 is 0. The minimum atomic E-state index is -3.55. The van der Waals surface area contributed by atoms with Crippen molar-refractivity contribution in [3.05, 3.63) is 60.3 Å². The van der Waals surface area contributed by atoms with Crippen molar-refractivity contribution in [2.75, 3.05) is 6.54 Å². The molecular formula is C19H22N2O2S. The molecule has 4 nitrogen and oxygen atoms in total. The zero-order valence-electron chi connectivity index (χ0n) is 13.6. The summed E-state index contributed by atoms with van der Waals surface area (Å²) in [5.41, 5.74) is 1.20. The fourth-order valence-corrected chi connectivity index (χ4v) is 6.10. The topological polar surface area (TPSA) is 50.3 Å². The molecule has 1 unspecified atom stereocenters. The van der Waals surface area contributed by atoms with Gasteiger partial charge in [0.25, 0.3) is 10.0 Å². The number of pyridine rings is 1. The third-order valence-electron chi connectivity index (χ3n) is 5.51. The highest BCUT2D eigenvalue weighted by Crippen LogP contribution is 2.58. The maximum Gasteiger partial charge on any atom is 0.261 e. The molecule has 1 saturated heterocycles. The Hall–Kier alpha value is -1.72. The van der Waals surface area contributed by atoms with Gasteiger partial charge in [-0.25, -0.2) is 13.4 Å². The monoisotopic (exact) mass is 342 g/mol. The smallest absolute Gasteiger partial charge is 0.243 e. The Bertz CT molecular complexity index is 800. The Morgan fingerprint density at radius 1 is 0.958 bits per heavy atom. The molecule has 126 valence electrons. The lowest BCUT2D eigenvalue weighted by atomic mass is 9.62. The summed E-state index contributed by atoms with van der Waals surface area (Å²) in [5.74, 6) is 0. The van der Waals surface area contributed by atoms with Crippen molar-refractivity contribution >= 4 is 10.0 Å². The second-order valence-electron chi connectivity index (χ2n) is 6.95. The number of rotatable bonds is 3. The maximum atomic E-state index is 13.1. The predicted octanol–water partition coefficient (Wildman–Crippen LogP) is 3.78. The van der Waals surface area contributed by atoms with Crippen LogP contribution in [0.15, 0.2) is 59.8 Å². The molecule has 0 N–H and O–H groups in total. The minimum absolute atomic E-state index is 0.0639. The number of nitrogens with zero attached hydrogens (tertiary/aromatic N) is 2. The van der Waals surface area contributed by atoms with Crippen LogP contribution in [0.2, 0.25) is 0 Å². The van der Waals surface area contributed by atoms with Gasteiger partial charge in [-0.05, 0) is 30.5 Å². The first-order valence-corrected chi connectivity index (χ1v) is 10.1. The molecule has 1 aromatic heterocycles. The summed E-state index contributed by atoms with van der Waals surface area (Å²) in [6, 6.07) is 15.1. The molecule has 2 aliphatic rings. The number of aromatic nitrogens is 1. The number of benzene rings is 1. The lowest BCUT2D eigenvalue weighted by molar-refractivity contribution is -0.0443. The van der Waals surface area contributed by atoms with Crippen LogP contribution in [0.1, 0.15) is 43.7 Å². The summed E-state index contributed by atoms with van der Waals surface area (Å²) in [6.07, 6.45) is 7.42. The molecule has 0 radical (unpaired) electrons. The Morgan fingerprint density at radius 2 is 1.67 bits per heavy atom. The Labute approximate surface area is 143 Å². The van der Waals surface area contributed by atoms with Crippen molar-refractivity contribution in [1.82, 2.24) is 9.29 Å². The van der Waals surface area contributed by atoms with Crippen LogP contribution >= 0.6 is 0 Å². The van der Waals surface area contributed by atoms with Crippen LogP contribution in [-0.4, -0.2) is 24.3 Å². The van der Waals surface area contributed by atoms with Crippen LogP contribution in [0.4, 0.5) is 0 Å². The molecule has 1 aliphatic carbocycles. The molecular weight excluding hydrogens is 320 g/mol. The lowest BCUT2D eigenvalue weighted by Crippen LogP contribution is -2.61. The van der Waals surface area contributed by atoms with E-state index in [0.717, 1.165) is 18.4 Å². The summed E-state index contributed by atoms with van der Waals surface area (Å²) < 4.78 is 27.8. The number of sulfonamides is 1. The fraction of sp³-hybridized carbons (Fsp3) is 0.421. The van der Waals surface area contributed by atoms with Gasteiger partial charge in [0, 0.05) is 18.2 Å². The van der Waals surface area contributed by atoms with Gasteiger partial charge >= 0.3 is 0 Å². The maximum absolute atomic E-state index is 13.1. The van der Waals surface area contributed by atoms with E-state index in [-0.39, 0.29) is 16.5 Å². The van der Waals surface area contributed by atoms with E-state index in [4.69, 9.17) is 0 Å². The van der Waals surface area contributed by atoms with E-state index < -0.39 is 10.0 Å². The van der Waals surface area contributed by atoms with Crippen molar-refractivity contribution in [3.8, 4) is 0 Å². The van der Waals surface area contributed by atoms with Crippen molar-refractivity contribution in [1.29, 1.82) is 0 Å². The molecule has 2 heterocycles. The molecule has 4 rings (SSSR count). The van der Waals surface area contributed by atoms with Gasteiger partial charge in [-0.3, -0.25) is 0 Å². The highest BCUT2D eigenvalue weighted by Gasteiger charge is 2.57. The molecule has 24 heavy (non-hydrogen) atoms. The number of hydrogen-bond acceptors (Lipinski definition) is 3. The van der Waals surface area contributed by atoms with E-state index in [9.17, 15) is 8.42 Å². The fourth-order valence-electron chi connectivity index (χ4n) is 4.37. The molecule has 1 atom stereocenters. The van der Waals surface area contributed by atoms with E-state index in [1.807, 2.05) is 18.2 Å². The molecule has 0 bridgehead atoms. The van der Waals surface area contributed by atoms with E-state index in [1.54, 1.807) is 28.7 Å². The Morgan fingerprint density at radius 3 is 2.33 bits per heavy atom. The van der Waals surface area contributed by atoms with Gasteiger partial charge < -0.3 is 0 Å². The zero-order valence-corrected chi connectivity index (χ0v) is 14.5. The molecule has 1 spiro atoms. The summed E-state index contributed by atoms with van der Waals surface area (Å²) in [6.45, 7) is 0.617. The van der Waals surface area contributed by atoms with Crippen LogP contribution in [-0.2, 0) is 10.0 Å². The summed E-state index contributed by atoms with van der Waals surface area (Å²) in [4.78, 5) is 4.09. The summed E-state index contributed by atoms with van der Waals surface area (Å²) in [7, 11) is -3.55. The second kappa shape index (κ2) is 5.97. The Kier molecular flexibility index (Phi) is 3.93. The van der Waals surface area contributed by atoms with Gasteiger partial charge in [-0.1, -0.05) is 55.7 Å². The standard InChI is InChI=1S/C19H22N2O2S/c22-24(23,17-11-5-8-14-20-17)21-15-19(12-6-2-7-13-19)18(21)16-9-3-1-4-10-16/h1,3-5,8-11,14,18H,2,6-7,12-13,15H2. The van der Waals surface area contributed by atoms with Gasteiger partial charge in [-0.15, -0.1) is 0 Å². The second-order valence-corrected chi connectivity index (χ2v) is 8.79. The van der Waals surface area contributed by atoms with Gasteiger partial charge in [0.15, 0.2) is 5.03 Å².